The summed E-state index contributed by atoms with van der Waals surface area (Å²) in [4.78, 5) is 23.8. The highest BCUT2D eigenvalue weighted by molar-refractivity contribution is 5.96. The number of amides is 1. The van der Waals surface area contributed by atoms with Gasteiger partial charge in [0, 0.05) is 13.1 Å². The quantitative estimate of drug-likeness (QED) is 0.693. The van der Waals surface area contributed by atoms with Gasteiger partial charge in [0.2, 0.25) is 5.91 Å². The van der Waals surface area contributed by atoms with Crippen molar-refractivity contribution in [1.29, 1.82) is 0 Å². The first-order chi connectivity index (χ1) is 6.54. The van der Waals surface area contributed by atoms with Crippen LogP contribution >= 0.6 is 0 Å². The van der Waals surface area contributed by atoms with Gasteiger partial charge in [-0.2, -0.15) is 0 Å². The molecule has 1 aliphatic rings. The molecule has 0 radical (unpaired) electrons. The van der Waals surface area contributed by atoms with Crippen LogP contribution in [0.1, 0.15) is 32.6 Å². The second-order valence-corrected chi connectivity index (χ2v) is 3.95. The summed E-state index contributed by atoms with van der Waals surface area (Å²) < 4.78 is 0. The Balaban J connectivity index is 2.54. The summed E-state index contributed by atoms with van der Waals surface area (Å²) >= 11 is 0. The fourth-order valence-corrected chi connectivity index (χ4v) is 1.88. The number of hydrogen-bond donors (Lipinski definition) is 1. The van der Waals surface area contributed by atoms with Gasteiger partial charge in [0.15, 0.2) is 0 Å². The zero-order valence-corrected chi connectivity index (χ0v) is 8.69. The topological polar surface area (TPSA) is 57.6 Å². The molecule has 1 aliphatic carbocycles. The van der Waals surface area contributed by atoms with Crippen LogP contribution in [0.15, 0.2) is 0 Å². The zero-order valence-electron chi connectivity index (χ0n) is 8.69. The second-order valence-electron chi connectivity index (χ2n) is 3.95. The molecule has 0 aromatic carbocycles. The predicted octanol–water partition coefficient (Wildman–Crippen LogP) is 1.11. The van der Waals surface area contributed by atoms with Crippen LogP contribution in [0.3, 0.4) is 0 Å². The molecule has 80 valence electrons. The van der Waals surface area contributed by atoms with E-state index in [1.54, 1.807) is 11.9 Å². The average molecular weight is 199 g/mol. The highest BCUT2D eigenvalue weighted by atomic mass is 16.4. The lowest BCUT2D eigenvalue weighted by Crippen LogP contribution is -2.40. The van der Waals surface area contributed by atoms with Crippen molar-refractivity contribution < 1.29 is 14.7 Å². The first-order valence-corrected chi connectivity index (χ1v) is 5.03. The highest BCUT2D eigenvalue weighted by Gasteiger charge is 2.29. The minimum absolute atomic E-state index is 0.254. The standard InChI is InChI=1S/C10H17NO3/c1-7(10(13)14)9(12)11(2)8-5-3-4-6-8/h7-8H,3-6H2,1-2H3,(H,13,14). The smallest absolute Gasteiger partial charge is 0.315 e. The molecule has 0 bridgehead atoms. The van der Waals surface area contributed by atoms with Gasteiger partial charge in [0.05, 0.1) is 0 Å². The van der Waals surface area contributed by atoms with E-state index in [4.69, 9.17) is 5.11 Å². The minimum Gasteiger partial charge on any atom is -0.481 e. The molecule has 1 atom stereocenters. The molecule has 0 aromatic rings. The predicted molar refractivity (Wildman–Crippen MR) is 51.8 cm³/mol. The number of nitrogens with zero attached hydrogens (tertiary/aromatic N) is 1. The van der Waals surface area contributed by atoms with Crippen LogP contribution in [-0.4, -0.2) is 35.0 Å². The van der Waals surface area contributed by atoms with Crippen molar-refractivity contribution in [1.82, 2.24) is 4.90 Å². The summed E-state index contributed by atoms with van der Waals surface area (Å²) in [6.07, 6.45) is 4.30. The summed E-state index contributed by atoms with van der Waals surface area (Å²) in [5.41, 5.74) is 0. The Morgan fingerprint density at radius 3 is 2.29 bits per heavy atom. The SMILES string of the molecule is CC(C(=O)O)C(=O)N(C)C1CCCC1. The third-order valence-electron chi connectivity index (χ3n) is 2.96. The zero-order chi connectivity index (χ0) is 10.7. The van der Waals surface area contributed by atoms with Gasteiger partial charge in [-0.25, -0.2) is 0 Å². The van der Waals surface area contributed by atoms with Crippen molar-refractivity contribution in [2.24, 2.45) is 5.92 Å². The van der Waals surface area contributed by atoms with Gasteiger partial charge < -0.3 is 10.0 Å². The highest BCUT2D eigenvalue weighted by Crippen LogP contribution is 2.23. The van der Waals surface area contributed by atoms with Gasteiger partial charge in [-0.15, -0.1) is 0 Å². The molecule has 4 heteroatoms. The van der Waals surface area contributed by atoms with Crippen molar-refractivity contribution in [3.8, 4) is 0 Å². The summed E-state index contributed by atoms with van der Waals surface area (Å²) in [6.45, 7) is 1.44. The van der Waals surface area contributed by atoms with Crippen molar-refractivity contribution >= 4 is 11.9 Å². The monoisotopic (exact) mass is 199 g/mol. The van der Waals surface area contributed by atoms with E-state index >= 15 is 0 Å². The Bertz CT molecular complexity index is 234. The van der Waals surface area contributed by atoms with Gasteiger partial charge in [-0.3, -0.25) is 9.59 Å². The van der Waals surface area contributed by atoms with Crippen molar-refractivity contribution in [2.75, 3.05) is 7.05 Å². The first-order valence-electron chi connectivity index (χ1n) is 5.03. The van der Waals surface area contributed by atoms with Crippen LogP contribution in [0.5, 0.6) is 0 Å². The fourth-order valence-electron chi connectivity index (χ4n) is 1.88. The number of aliphatic carboxylic acids is 1. The van der Waals surface area contributed by atoms with Crippen LogP contribution < -0.4 is 0 Å². The summed E-state index contributed by atoms with van der Waals surface area (Å²) in [5.74, 6) is -2.23. The molecule has 1 N–H and O–H groups in total. The van der Waals surface area contributed by atoms with E-state index in [0.29, 0.717) is 0 Å². The van der Waals surface area contributed by atoms with Gasteiger partial charge in [-0.05, 0) is 19.8 Å². The van der Waals surface area contributed by atoms with E-state index in [9.17, 15) is 9.59 Å². The Hall–Kier alpha value is -1.06. The molecular formula is C10H17NO3. The Morgan fingerprint density at radius 1 is 1.36 bits per heavy atom. The van der Waals surface area contributed by atoms with E-state index in [-0.39, 0.29) is 11.9 Å². The molecule has 1 saturated carbocycles. The first kappa shape index (κ1) is 11.0. The number of carboxylic acid groups (broad SMARTS) is 1. The molecule has 1 unspecified atom stereocenters. The summed E-state index contributed by atoms with van der Waals surface area (Å²) in [7, 11) is 1.71. The maximum atomic E-state index is 11.6. The van der Waals surface area contributed by atoms with Crippen molar-refractivity contribution in [2.45, 2.75) is 38.6 Å². The Kier molecular flexibility index (Phi) is 3.49. The molecule has 0 saturated heterocycles. The fraction of sp³-hybridized carbons (Fsp3) is 0.800. The van der Waals surface area contributed by atoms with Crippen LogP contribution in [0.4, 0.5) is 0 Å². The normalized spacial score (nSPS) is 19.3. The third kappa shape index (κ3) is 2.25. The second kappa shape index (κ2) is 4.44. The lowest BCUT2D eigenvalue weighted by molar-refractivity contribution is -0.150. The van der Waals surface area contributed by atoms with E-state index in [1.807, 2.05) is 0 Å². The molecule has 4 nitrogen and oxygen atoms in total. The molecule has 14 heavy (non-hydrogen) atoms. The lowest BCUT2D eigenvalue weighted by Gasteiger charge is -2.25. The molecule has 1 amide bonds. The molecule has 1 fully saturated rings. The van der Waals surface area contributed by atoms with E-state index in [1.165, 1.54) is 6.92 Å². The van der Waals surface area contributed by atoms with Crippen LogP contribution in [0.2, 0.25) is 0 Å². The minimum atomic E-state index is -1.04. The molecular weight excluding hydrogens is 182 g/mol. The summed E-state index contributed by atoms with van der Waals surface area (Å²) in [5, 5.41) is 8.70. The maximum absolute atomic E-state index is 11.6. The Labute approximate surface area is 83.9 Å². The van der Waals surface area contributed by atoms with Crippen molar-refractivity contribution in [3.63, 3.8) is 0 Å². The summed E-state index contributed by atoms with van der Waals surface area (Å²) in [6, 6.07) is 0.254. The number of carbonyl (C=O) groups is 2. The molecule has 0 aromatic heterocycles. The third-order valence-corrected chi connectivity index (χ3v) is 2.96. The van der Waals surface area contributed by atoms with E-state index in [0.717, 1.165) is 25.7 Å². The van der Waals surface area contributed by atoms with Crippen molar-refractivity contribution in [3.05, 3.63) is 0 Å². The lowest BCUT2D eigenvalue weighted by atomic mass is 10.1. The molecule has 0 spiro atoms. The van der Waals surface area contributed by atoms with E-state index < -0.39 is 11.9 Å². The van der Waals surface area contributed by atoms with E-state index in [2.05, 4.69) is 0 Å². The van der Waals surface area contributed by atoms with Gasteiger partial charge in [-0.1, -0.05) is 12.8 Å². The van der Waals surface area contributed by atoms with Gasteiger partial charge in [0.25, 0.3) is 0 Å². The largest absolute Gasteiger partial charge is 0.481 e. The van der Waals surface area contributed by atoms with Crippen LogP contribution in [0.25, 0.3) is 0 Å². The number of carbonyl (C=O) groups excluding carboxylic acids is 1. The van der Waals surface area contributed by atoms with Gasteiger partial charge in [0.1, 0.15) is 5.92 Å². The number of carboxylic acids is 1. The van der Waals surface area contributed by atoms with Crippen LogP contribution in [-0.2, 0) is 9.59 Å². The molecule has 0 heterocycles. The maximum Gasteiger partial charge on any atom is 0.315 e. The molecule has 0 aliphatic heterocycles. The average Bonchev–Trinajstić information content (AvgIpc) is 2.67. The number of rotatable bonds is 3. The molecule has 1 rings (SSSR count). The van der Waals surface area contributed by atoms with Gasteiger partial charge >= 0.3 is 5.97 Å². The number of hydrogen-bond acceptors (Lipinski definition) is 2. The van der Waals surface area contributed by atoms with Crippen LogP contribution in [0, 0.1) is 5.92 Å². The Morgan fingerprint density at radius 2 is 1.86 bits per heavy atom.